The summed E-state index contributed by atoms with van der Waals surface area (Å²) in [7, 11) is 0. The summed E-state index contributed by atoms with van der Waals surface area (Å²) in [4.78, 5) is 6.08. The topological polar surface area (TPSA) is 24.9 Å². The normalized spacial score (nSPS) is 13.2. The van der Waals surface area contributed by atoms with Gasteiger partial charge in [-0.25, -0.2) is 4.98 Å². The van der Waals surface area contributed by atoms with Crippen molar-refractivity contribution >= 4 is 38.6 Å². The van der Waals surface area contributed by atoms with E-state index in [1.807, 2.05) is 0 Å². The van der Waals surface area contributed by atoms with Gasteiger partial charge in [-0.15, -0.1) is 22.7 Å². The molecule has 0 aliphatic heterocycles. The van der Waals surface area contributed by atoms with Crippen molar-refractivity contribution in [2.24, 2.45) is 0 Å². The first-order chi connectivity index (χ1) is 8.61. The van der Waals surface area contributed by atoms with Gasteiger partial charge in [0.25, 0.3) is 0 Å². The van der Waals surface area contributed by atoms with E-state index in [1.54, 1.807) is 22.7 Å². The first kappa shape index (κ1) is 14.2. The van der Waals surface area contributed by atoms with Crippen LogP contribution in [0.2, 0.25) is 0 Å². The van der Waals surface area contributed by atoms with Gasteiger partial charge in [-0.05, 0) is 34.5 Å². The Bertz CT molecular complexity index is 505. The summed E-state index contributed by atoms with van der Waals surface area (Å²) < 4.78 is 1.14. The SMILES string of the molecule is CCNC(c1cc(Br)cs1)c1nc(C(C)C)cs1. The van der Waals surface area contributed by atoms with Gasteiger partial charge in [0.15, 0.2) is 0 Å². The lowest BCUT2D eigenvalue weighted by atomic mass is 10.1. The molecule has 5 heteroatoms. The first-order valence-corrected chi connectivity index (χ1v) is 8.59. The largest absolute Gasteiger partial charge is 0.304 e. The number of rotatable bonds is 5. The molecule has 0 spiro atoms. The number of nitrogens with one attached hydrogen (secondary N) is 1. The van der Waals surface area contributed by atoms with Gasteiger partial charge in [0.05, 0.1) is 11.7 Å². The Morgan fingerprint density at radius 3 is 2.61 bits per heavy atom. The molecule has 0 amide bonds. The van der Waals surface area contributed by atoms with Gasteiger partial charge in [-0.2, -0.15) is 0 Å². The molecule has 2 heterocycles. The molecule has 0 aliphatic carbocycles. The molecule has 2 nitrogen and oxygen atoms in total. The second kappa shape index (κ2) is 6.28. The van der Waals surface area contributed by atoms with Gasteiger partial charge in [0.1, 0.15) is 5.01 Å². The second-order valence-electron chi connectivity index (χ2n) is 4.42. The van der Waals surface area contributed by atoms with Crippen LogP contribution >= 0.6 is 38.6 Å². The van der Waals surface area contributed by atoms with Crippen LogP contribution in [0, 0.1) is 0 Å². The monoisotopic (exact) mass is 344 g/mol. The third-order valence-electron chi connectivity index (χ3n) is 2.66. The Morgan fingerprint density at radius 1 is 1.33 bits per heavy atom. The molecule has 0 radical (unpaired) electrons. The van der Waals surface area contributed by atoms with Crippen molar-refractivity contribution in [1.82, 2.24) is 10.3 Å². The molecule has 1 atom stereocenters. The minimum Gasteiger partial charge on any atom is -0.304 e. The van der Waals surface area contributed by atoms with Crippen LogP contribution in [0.4, 0.5) is 0 Å². The van der Waals surface area contributed by atoms with Crippen LogP contribution in [0.1, 0.15) is 48.3 Å². The minimum absolute atomic E-state index is 0.226. The van der Waals surface area contributed by atoms with Gasteiger partial charge in [0, 0.05) is 20.1 Å². The number of hydrogen-bond acceptors (Lipinski definition) is 4. The zero-order valence-electron chi connectivity index (χ0n) is 10.7. The maximum absolute atomic E-state index is 4.76. The molecular formula is C13H17BrN2S2. The number of halogens is 1. The molecule has 18 heavy (non-hydrogen) atoms. The highest BCUT2D eigenvalue weighted by molar-refractivity contribution is 9.10. The van der Waals surface area contributed by atoms with E-state index >= 15 is 0 Å². The molecule has 0 saturated heterocycles. The molecule has 2 aromatic rings. The van der Waals surface area contributed by atoms with Crippen molar-refractivity contribution in [1.29, 1.82) is 0 Å². The van der Waals surface area contributed by atoms with Gasteiger partial charge in [-0.1, -0.05) is 20.8 Å². The first-order valence-electron chi connectivity index (χ1n) is 6.04. The Morgan fingerprint density at radius 2 is 2.11 bits per heavy atom. The van der Waals surface area contributed by atoms with Crippen LogP contribution in [0.5, 0.6) is 0 Å². The Kier molecular flexibility index (Phi) is 4.95. The molecule has 0 fully saturated rings. The Balaban J connectivity index is 2.29. The summed E-state index contributed by atoms with van der Waals surface area (Å²) in [5, 5.41) is 8.98. The van der Waals surface area contributed by atoms with E-state index < -0.39 is 0 Å². The van der Waals surface area contributed by atoms with E-state index in [9.17, 15) is 0 Å². The lowest BCUT2D eigenvalue weighted by Crippen LogP contribution is -2.21. The maximum atomic E-state index is 4.76. The van der Waals surface area contributed by atoms with Crippen LogP contribution in [0.15, 0.2) is 21.3 Å². The zero-order valence-corrected chi connectivity index (χ0v) is 14.0. The minimum atomic E-state index is 0.226. The zero-order chi connectivity index (χ0) is 13.1. The lowest BCUT2D eigenvalue weighted by molar-refractivity contribution is 0.632. The van der Waals surface area contributed by atoms with E-state index in [1.165, 1.54) is 10.6 Å². The van der Waals surface area contributed by atoms with Crippen molar-refractivity contribution in [3.63, 3.8) is 0 Å². The van der Waals surface area contributed by atoms with E-state index in [-0.39, 0.29) is 6.04 Å². The van der Waals surface area contributed by atoms with E-state index in [4.69, 9.17) is 4.98 Å². The van der Waals surface area contributed by atoms with E-state index in [2.05, 4.69) is 58.8 Å². The van der Waals surface area contributed by atoms with Crippen molar-refractivity contribution in [2.75, 3.05) is 6.54 Å². The Hall–Kier alpha value is -0.230. The number of aromatic nitrogens is 1. The predicted octanol–water partition coefficient (Wildman–Crippen LogP) is 4.79. The molecule has 0 saturated carbocycles. The molecule has 98 valence electrons. The highest BCUT2D eigenvalue weighted by Crippen LogP contribution is 2.32. The quantitative estimate of drug-likeness (QED) is 0.843. The van der Waals surface area contributed by atoms with Gasteiger partial charge >= 0.3 is 0 Å². The summed E-state index contributed by atoms with van der Waals surface area (Å²) in [6.07, 6.45) is 0. The third-order valence-corrected chi connectivity index (χ3v) is 5.34. The molecule has 1 N–H and O–H groups in total. The molecule has 0 bridgehead atoms. The van der Waals surface area contributed by atoms with E-state index in [0.717, 1.165) is 16.0 Å². The molecule has 1 unspecified atom stereocenters. The average molecular weight is 345 g/mol. The van der Waals surface area contributed by atoms with Crippen molar-refractivity contribution < 1.29 is 0 Å². The van der Waals surface area contributed by atoms with Crippen LogP contribution in [-0.2, 0) is 0 Å². The third kappa shape index (κ3) is 3.20. The fraction of sp³-hybridized carbons (Fsp3) is 0.462. The molecule has 2 aromatic heterocycles. The summed E-state index contributed by atoms with van der Waals surface area (Å²) in [5.41, 5.74) is 1.19. The van der Waals surface area contributed by atoms with Crippen molar-refractivity contribution in [2.45, 2.75) is 32.7 Å². The van der Waals surface area contributed by atoms with Crippen LogP contribution in [0.3, 0.4) is 0 Å². The lowest BCUT2D eigenvalue weighted by Gasteiger charge is -2.13. The van der Waals surface area contributed by atoms with Gasteiger partial charge < -0.3 is 5.32 Å². The Labute approximate surface area is 125 Å². The van der Waals surface area contributed by atoms with Crippen LogP contribution in [-0.4, -0.2) is 11.5 Å². The maximum Gasteiger partial charge on any atom is 0.115 e. The number of thiazole rings is 1. The van der Waals surface area contributed by atoms with Gasteiger partial charge in [0.2, 0.25) is 0 Å². The summed E-state index contributed by atoms with van der Waals surface area (Å²) in [6, 6.07) is 2.40. The van der Waals surface area contributed by atoms with E-state index in [0.29, 0.717) is 5.92 Å². The number of nitrogens with zero attached hydrogens (tertiary/aromatic N) is 1. The number of hydrogen-bond donors (Lipinski definition) is 1. The highest BCUT2D eigenvalue weighted by Gasteiger charge is 2.19. The molecular weight excluding hydrogens is 328 g/mol. The van der Waals surface area contributed by atoms with Crippen LogP contribution < -0.4 is 5.32 Å². The standard InChI is InChI=1S/C13H17BrN2S2/c1-4-15-12(11-5-9(14)6-17-11)13-16-10(7-18-13)8(2)3/h5-8,12,15H,4H2,1-3H3. The van der Waals surface area contributed by atoms with Crippen molar-refractivity contribution in [3.8, 4) is 0 Å². The summed E-state index contributed by atoms with van der Waals surface area (Å²) in [6.45, 7) is 7.44. The molecule has 0 aliphatic rings. The number of thiophene rings is 1. The molecule has 0 aromatic carbocycles. The fourth-order valence-electron chi connectivity index (χ4n) is 1.69. The average Bonchev–Trinajstić information content (AvgIpc) is 2.94. The smallest absolute Gasteiger partial charge is 0.115 e. The second-order valence-corrected chi connectivity index (χ2v) is 7.17. The predicted molar refractivity (Wildman–Crippen MR) is 83.7 cm³/mol. The molecule has 2 rings (SSSR count). The van der Waals surface area contributed by atoms with Crippen molar-refractivity contribution in [3.05, 3.63) is 36.9 Å². The fourth-order valence-corrected chi connectivity index (χ4v) is 4.36. The summed E-state index contributed by atoms with van der Waals surface area (Å²) in [5.74, 6) is 0.493. The summed E-state index contributed by atoms with van der Waals surface area (Å²) >= 11 is 7.03. The highest BCUT2D eigenvalue weighted by atomic mass is 79.9. The van der Waals surface area contributed by atoms with Gasteiger partial charge in [-0.3, -0.25) is 0 Å². The van der Waals surface area contributed by atoms with Crippen LogP contribution in [0.25, 0.3) is 0 Å².